The van der Waals surface area contributed by atoms with Crippen LogP contribution in [-0.2, 0) is 4.79 Å². The number of fused-ring (bicyclic) bond motifs is 1. The molecule has 1 amide bonds. The summed E-state index contributed by atoms with van der Waals surface area (Å²) in [5, 5.41) is 2.94. The Bertz CT molecular complexity index is 758. The van der Waals surface area contributed by atoms with Crippen LogP contribution in [0.15, 0.2) is 53.0 Å². The predicted octanol–water partition coefficient (Wildman–Crippen LogP) is 4.07. The summed E-state index contributed by atoms with van der Waals surface area (Å²) in [4.78, 5) is 12.1. The summed E-state index contributed by atoms with van der Waals surface area (Å²) < 4.78 is 11.6. The fraction of sp³-hybridized carbons (Fsp3) is 0.167. The normalized spacial score (nSPS) is 14.0. The summed E-state index contributed by atoms with van der Waals surface area (Å²) in [6.07, 6.45) is 3.31. The standard InChI is InChI=1S/C18H16BrNO3/c1-12(14-6-8-16-17(10-14)23-11-22-16)20-18(21)9-7-13-4-2-3-5-15(13)19/h2-10,12H,11H2,1H3,(H,20,21)/b9-7+. The number of halogens is 1. The quantitative estimate of drug-likeness (QED) is 0.821. The minimum absolute atomic E-state index is 0.124. The first-order chi connectivity index (χ1) is 11.1. The first kappa shape index (κ1) is 15.6. The molecule has 0 aromatic heterocycles. The van der Waals surface area contributed by atoms with Crippen LogP contribution in [0.3, 0.4) is 0 Å². The molecule has 0 saturated heterocycles. The molecule has 2 aromatic rings. The molecule has 118 valence electrons. The number of carbonyl (C=O) groups excluding carboxylic acids is 1. The van der Waals surface area contributed by atoms with Gasteiger partial charge in [-0.1, -0.05) is 40.2 Å². The lowest BCUT2D eigenvalue weighted by atomic mass is 10.1. The van der Waals surface area contributed by atoms with Crippen molar-refractivity contribution in [2.75, 3.05) is 6.79 Å². The molecule has 1 N–H and O–H groups in total. The van der Waals surface area contributed by atoms with Crippen LogP contribution in [0.5, 0.6) is 11.5 Å². The van der Waals surface area contributed by atoms with Gasteiger partial charge in [-0.05, 0) is 42.3 Å². The number of ether oxygens (including phenoxy) is 2. The van der Waals surface area contributed by atoms with Gasteiger partial charge in [0, 0.05) is 10.5 Å². The van der Waals surface area contributed by atoms with Gasteiger partial charge in [0.25, 0.3) is 0 Å². The van der Waals surface area contributed by atoms with Crippen molar-refractivity contribution >= 4 is 27.9 Å². The Morgan fingerprint density at radius 1 is 1.22 bits per heavy atom. The van der Waals surface area contributed by atoms with Gasteiger partial charge in [0.2, 0.25) is 12.7 Å². The van der Waals surface area contributed by atoms with E-state index < -0.39 is 0 Å². The summed E-state index contributed by atoms with van der Waals surface area (Å²) in [5.41, 5.74) is 1.93. The Labute approximate surface area is 143 Å². The average molecular weight is 374 g/mol. The van der Waals surface area contributed by atoms with Crippen molar-refractivity contribution in [2.45, 2.75) is 13.0 Å². The van der Waals surface area contributed by atoms with Crippen LogP contribution in [-0.4, -0.2) is 12.7 Å². The summed E-state index contributed by atoms with van der Waals surface area (Å²) in [5.74, 6) is 1.30. The van der Waals surface area contributed by atoms with Crippen molar-refractivity contribution in [2.24, 2.45) is 0 Å². The molecule has 0 fully saturated rings. The molecular formula is C18H16BrNO3. The summed E-state index contributed by atoms with van der Waals surface area (Å²) in [6, 6.07) is 13.3. The number of benzene rings is 2. The van der Waals surface area contributed by atoms with Gasteiger partial charge in [-0.15, -0.1) is 0 Å². The molecule has 1 unspecified atom stereocenters. The number of nitrogens with one attached hydrogen (secondary N) is 1. The van der Waals surface area contributed by atoms with Crippen molar-refractivity contribution in [1.82, 2.24) is 5.32 Å². The first-order valence-corrected chi connectivity index (χ1v) is 8.05. The van der Waals surface area contributed by atoms with Gasteiger partial charge in [-0.3, -0.25) is 4.79 Å². The summed E-state index contributed by atoms with van der Waals surface area (Å²) in [6.45, 7) is 2.18. The lowest BCUT2D eigenvalue weighted by Gasteiger charge is -2.13. The molecule has 1 heterocycles. The SMILES string of the molecule is CC(NC(=O)/C=C/c1ccccc1Br)c1ccc2c(c1)OCO2. The van der Waals surface area contributed by atoms with E-state index in [1.807, 2.05) is 49.4 Å². The molecule has 3 rings (SSSR count). The Morgan fingerprint density at radius 3 is 2.83 bits per heavy atom. The Kier molecular flexibility index (Phi) is 4.67. The van der Waals surface area contributed by atoms with Gasteiger partial charge in [-0.2, -0.15) is 0 Å². The maximum atomic E-state index is 12.1. The molecule has 0 aliphatic carbocycles. The maximum absolute atomic E-state index is 12.1. The average Bonchev–Trinajstić information content (AvgIpc) is 3.01. The lowest BCUT2D eigenvalue weighted by molar-refractivity contribution is -0.117. The van der Waals surface area contributed by atoms with Gasteiger partial charge >= 0.3 is 0 Å². The molecule has 0 saturated carbocycles. The highest BCUT2D eigenvalue weighted by molar-refractivity contribution is 9.10. The van der Waals surface area contributed by atoms with Crippen LogP contribution >= 0.6 is 15.9 Å². The highest BCUT2D eigenvalue weighted by Gasteiger charge is 2.16. The van der Waals surface area contributed by atoms with E-state index in [0.29, 0.717) is 5.75 Å². The fourth-order valence-electron chi connectivity index (χ4n) is 2.30. The lowest BCUT2D eigenvalue weighted by Crippen LogP contribution is -2.24. The fourth-order valence-corrected chi connectivity index (χ4v) is 2.72. The van der Waals surface area contributed by atoms with Crippen molar-refractivity contribution in [3.05, 3.63) is 64.1 Å². The third-order valence-electron chi connectivity index (χ3n) is 3.57. The smallest absolute Gasteiger partial charge is 0.244 e. The third-order valence-corrected chi connectivity index (χ3v) is 4.30. The van der Waals surface area contributed by atoms with E-state index in [-0.39, 0.29) is 18.7 Å². The molecular weight excluding hydrogens is 358 g/mol. The van der Waals surface area contributed by atoms with E-state index in [9.17, 15) is 4.79 Å². The van der Waals surface area contributed by atoms with Gasteiger partial charge < -0.3 is 14.8 Å². The van der Waals surface area contributed by atoms with Crippen LogP contribution < -0.4 is 14.8 Å². The molecule has 2 aromatic carbocycles. The van der Waals surface area contributed by atoms with Crippen LogP contribution in [0.4, 0.5) is 0 Å². The molecule has 0 spiro atoms. The third kappa shape index (κ3) is 3.74. The number of rotatable bonds is 4. The molecule has 1 aliphatic rings. The van der Waals surface area contributed by atoms with Crippen molar-refractivity contribution in [3.63, 3.8) is 0 Å². The molecule has 23 heavy (non-hydrogen) atoms. The zero-order valence-electron chi connectivity index (χ0n) is 12.6. The van der Waals surface area contributed by atoms with Crippen LogP contribution in [0.2, 0.25) is 0 Å². The van der Waals surface area contributed by atoms with Crippen molar-refractivity contribution in [3.8, 4) is 11.5 Å². The van der Waals surface area contributed by atoms with E-state index in [4.69, 9.17) is 9.47 Å². The molecule has 0 radical (unpaired) electrons. The van der Waals surface area contributed by atoms with Crippen LogP contribution in [0, 0.1) is 0 Å². The second-order valence-corrected chi connectivity index (χ2v) is 6.05. The number of hydrogen-bond donors (Lipinski definition) is 1. The first-order valence-electron chi connectivity index (χ1n) is 7.26. The highest BCUT2D eigenvalue weighted by atomic mass is 79.9. The molecule has 5 heteroatoms. The molecule has 1 atom stereocenters. The Balaban J connectivity index is 1.64. The van der Waals surface area contributed by atoms with Gasteiger partial charge in [0.05, 0.1) is 6.04 Å². The summed E-state index contributed by atoms with van der Waals surface area (Å²) in [7, 11) is 0. The highest BCUT2D eigenvalue weighted by Crippen LogP contribution is 2.34. The van der Waals surface area contributed by atoms with Crippen LogP contribution in [0.1, 0.15) is 24.1 Å². The predicted molar refractivity (Wildman–Crippen MR) is 92.3 cm³/mol. The molecule has 1 aliphatic heterocycles. The van der Waals surface area contributed by atoms with Gasteiger partial charge in [0.15, 0.2) is 11.5 Å². The largest absolute Gasteiger partial charge is 0.454 e. The van der Waals surface area contributed by atoms with E-state index in [2.05, 4.69) is 21.2 Å². The number of hydrogen-bond acceptors (Lipinski definition) is 3. The van der Waals surface area contributed by atoms with E-state index in [0.717, 1.165) is 21.3 Å². The van der Waals surface area contributed by atoms with Crippen LogP contribution in [0.25, 0.3) is 6.08 Å². The minimum Gasteiger partial charge on any atom is -0.454 e. The molecule has 0 bridgehead atoms. The van der Waals surface area contributed by atoms with Gasteiger partial charge in [0.1, 0.15) is 0 Å². The minimum atomic E-state index is -0.147. The molecule has 4 nitrogen and oxygen atoms in total. The number of carbonyl (C=O) groups is 1. The second kappa shape index (κ2) is 6.87. The zero-order valence-corrected chi connectivity index (χ0v) is 14.2. The van der Waals surface area contributed by atoms with Crippen molar-refractivity contribution in [1.29, 1.82) is 0 Å². The Morgan fingerprint density at radius 2 is 2.00 bits per heavy atom. The van der Waals surface area contributed by atoms with E-state index >= 15 is 0 Å². The second-order valence-electron chi connectivity index (χ2n) is 5.20. The van der Waals surface area contributed by atoms with Gasteiger partial charge in [-0.25, -0.2) is 0 Å². The topological polar surface area (TPSA) is 47.6 Å². The van der Waals surface area contributed by atoms with E-state index in [1.165, 1.54) is 6.08 Å². The monoisotopic (exact) mass is 373 g/mol. The van der Waals surface area contributed by atoms with Crippen molar-refractivity contribution < 1.29 is 14.3 Å². The Hall–Kier alpha value is -2.27. The number of amides is 1. The summed E-state index contributed by atoms with van der Waals surface area (Å²) >= 11 is 3.45. The zero-order chi connectivity index (χ0) is 16.2. The van der Waals surface area contributed by atoms with E-state index in [1.54, 1.807) is 6.08 Å². The maximum Gasteiger partial charge on any atom is 0.244 e.